The Morgan fingerprint density at radius 3 is 2.96 bits per heavy atom. The largest absolute Gasteiger partial charge is 0.497 e. The molecule has 0 unspecified atom stereocenters. The highest BCUT2D eigenvalue weighted by atomic mass is 16.5. The maximum atomic E-state index is 12.9. The summed E-state index contributed by atoms with van der Waals surface area (Å²) in [5.74, 6) is 1.59. The smallest absolute Gasteiger partial charge is 0.254 e. The number of benzene rings is 2. The Morgan fingerprint density at radius 1 is 1.25 bits per heavy atom. The van der Waals surface area contributed by atoms with Crippen LogP contribution in [0.2, 0.25) is 0 Å². The fraction of sp³-hybridized carbons (Fsp3) is 0.263. The Balaban J connectivity index is 1.65. The first kappa shape index (κ1) is 14.8. The van der Waals surface area contributed by atoms with E-state index in [4.69, 9.17) is 4.74 Å². The van der Waals surface area contributed by atoms with Crippen molar-refractivity contribution >= 4 is 16.9 Å². The van der Waals surface area contributed by atoms with Crippen LogP contribution in [0.4, 0.5) is 0 Å². The third kappa shape index (κ3) is 2.52. The van der Waals surface area contributed by atoms with Gasteiger partial charge in [0.25, 0.3) is 5.91 Å². The van der Waals surface area contributed by atoms with E-state index in [2.05, 4.69) is 9.97 Å². The van der Waals surface area contributed by atoms with E-state index in [1.54, 1.807) is 13.2 Å². The van der Waals surface area contributed by atoms with Gasteiger partial charge in [0.05, 0.1) is 24.2 Å². The number of para-hydroxylation sites is 2. The molecule has 1 aliphatic rings. The number of H-pyrrole nitrogens is 1. The summed E-state index contributed by atoms with van der Waals surface area (Å²) in [5.41, 5.74) is 2.60. The maximum absolute atomic E-state index is 12.9. The zero-order chi connectivity index (χ0) is 16.5. The minimum absolute atomic E-state index is 0.00361. The lowest BCUT2D eigenvalue weighted by atomic mass is 10.1. The van der Waals surface area contributed by atoms with Crippen LogP contribution in [-0.2, 0) is 0 Å². The second-order valence-electron chi connectivity index (χ2n) is 6.03. The van der Waals surface area contributed by atoms with Crippen LogP contribution in [-0.4, -0.2) is 34.4 Å². The summed E-state index contributed by atoms with van der Waals surface area (Å²) in [6.45, 7) is 0.748. The summed E-state index contributed by atoms with van der Waals surface area (Å²) in [6, 6.07) is 15.3. The van der Waals surface area contributed by atoms with E-state index in [1.165, 1.54) is 0 Å². The zero-order valence-corrected chi connectivity index (χ0v) is 13.5. The van der Waals surface area contributed by atoms with Gasteiger partial charge in [-0.1, -0.05) is 18.2 Å². The molecule has 122 valence electrons. The molecule has 0 saturated carbocycles. The summed E-state index contributed by atoms with van der Waals surface area (Å²) in [5, 5.41) is 0. The minimum Gasteiger partial charge on any atom is -0.497 e. The number of nitrogens with one attached hydrogen (secondary N) is 1. The van der Waals surface area contributed by atoms with Crippen molar-refractivity contribution in [2.45, 2.75) is 18.9 Å². The monoisotopic (exact) mass is 321 g/mol. The third-order valence-electron chi connectivity index (χ3n) is 4.55. The van der Waals surface area contributed by atoms with Crippen LogP contribution in [0.1, 0.15) is 35.1 Å². The molecule has 5 nitrogen and oxygen atoms in total. The number of hydrogen-bond donors (Lipinski definition) is 1. The predicted molar refractivity (Wildman–Crippen MR) is 92.1 cm³/mol. The Bertz CT molecular complexity index is 854. The number of fused-ring (bicyclic) bond motifs is 1. The minimum atomic E-state index is -0.00361. The van der Waals surface area contributed by atoms with Gasteiger partial charge in [0.2, 0.25) is 0 Å². The number of methoxy groups -OCH3 is 1. The molecule has 3 aromatic rings. The standard InChI is InChI=1S/C19H19N3O2/c1-24-14-7-4-6-13(12-14)19(23)22-11-5-10-17(22)18-20-15-8-2-3-9-16(15)21-18/h2-4,6-9,12,17H,5,10-11H2,1H3,(H,20,21)/t17-/m0/s1. The lowest BCUT2D eigenvalue weighted by molar-refractivity contribution is 0.0730. The molecule has 2 heterocycles. The second-order valence-corrected chi connectivity index (χ2v) is 6.03. The average molecular weight is 321 g/mol. The second kappa shape index (κ2) is 6.00. The van der Waals surface area contributed by atoms with E-state index in [9.17, 15) is 4.79 Å². The fourth-order valence-corrected chi connectivity index (χ4v) is 3.35. The number of imidazole rings is 1. The number of aromatic amines is 1. The van der Waals surface area contributed by atoms with Crippen molar-refractivity contribution in [1.82, 2.24) is 14.9 Å². The number of rotatable bonds is 3. The first-order chi connectivity index (χ1) is 11.8. The molecule has 1 N–H and O–H groups in total. The van der Waals surface area contributed by atoms with Gasteiger partial charge in [0.1, 0.15) is 11.6 Å². The Morgan fingerprint density at radius 2 is 2.12 bits per heavy atom. The molecule has 1 fully saturated rings. The zero-order valence-electron chi connectivity index (χ0n) is 13.5. The van der Waals surface area contributed by atoms with Crippen LogP contribution in [0.3, 0.4) is 0 Å². The van der Waals surface area contributed by atoms with Crippen molar-refractivity contribution in [2.24, 2.45) is 0 Å². The molecule has 2 aromatic carbocycles. The van der Waals surface area contributed by atoms with Crippen LogP contribution in [0.15, 0.2) is 48.5 Å². The van der Waals surface area contributed by atoms with Crippen molar-refractivity contribution in [3.05, 3.63) is 59.9 Å². The number of likely N-dealkylation sites (tertiary alicyclic amines) is 1. The third-order valence-corrected chi connectivity index (χ3v) is 4.55. The number of amides is 1. The topological polar surface area (TPSA) is 58.2 Å². The van der Waals surface area contributed by atoms with Crippen LogP contribution in [0.5, 0.6) is 5.75 Å². The fourth-order valence-electron chi connectivity index (χ4n) is 3.35. The summed E-state index contributed by atoms with van der Waals surface area (Å²) >= 11 is 0. The van der Waals surface area contributed by atoms with E-state index in [-0.39, 0.29) is 11.9 Å². The molecule has 1 aliphatic heterocycles. The number of ether oxygens (including phenoxy) is 1. The van der Waals surface area contributed by atoms with Crippen LogP contribution < -0.4 is 4.74 Å². The molecular formula is C19H19N3O2. The molecule has 5 heteroatoms. The number of aromatic nitrogens is 2. The van der Waals surface area contributed by atoms with Crippen molar-refractivity contribution in [2.75, 3.05) is 13.7 Å². The SMILES string of the molecule is COc1cccc(C(=O)N2CCC[C@H]2c2nc3ccccc3[nH]2)c1. The number of carbonyl (C=O) groups excluding carboxylic acids is 1. The van der Waals surface area contributed by atoms with E-state index < -0.39 is 0 Å². The molecule has 0 radical (unpaired) electrons. The lowest BCUT2D eigenvalue weighted by Gasteiger charge is -2.23. The molecule has 4 rings (SSSR count). The molecule has 0 spiro atoms. The Hall–Kier alpha value is -2.82. The molecule has 0 bridgehead atoms. The molecule has 1 saturated heterocycles. The quantitative estimate of drug-likeness (QED) is 0.802. The summed E-state index contributed by atoms with van der Waals surface area (Å²) in [4.78, 5) is 22.9. The van der Waals surface area contributed by atoms with Crippen LogP contribution in [0.25, 0.3) is 11.0 Å². The molecule has 1 atom stereocenters. The Kier molecular flexibility index (Phi) is 3.69. The summed E-state index contributed by atoms with van der Waals surface area (Å²) in [7, 11) is 1.61. The van der Waals surface area contributed by atoms with Crippen molar-refractivity contribution in [3.63, 3.8) is 0 Å². The molecule has 1 aromatic heterocycles. The van der Waals surface area contributed by atoms with Crippen molar-refractivity contribution in [1.29, 1.82) is 0 Å². The van der Waals surface area contributed by atoms with Gasteiger partial charge in [0, 0.05) is 12.1 Å². The highest BCUT2D eigenvalue weighted by Crippen LogP contribution is 2.33. The van der Waals surface area contributed by atoms with Gasteiger partial charge in [-0.2, -0.15) is 0 Å². The van der Waals surface area contributed by atoms with Crippen LogP contribution >= 0.6 is 0 Å². The van der Waals surface area contributed by atoms with E-state index in [1.807, 2.05) is 47.4 Å². The maximum Gasteiger partial charge on any atom is 0.254 e. The Labute approximate surface area is 140 Å². The van der Waals surface area contributed by atoms with Gasteiger partial charge >= 0.3 is 0 Å². The van der Waals surface area contributed by atoms with Crippen LogP contribution in [0, 0.1) is 0 Å². The van der Waals surface area contributed by atoms with Crippen molar-refractivity contribution in [3.8, 4) is 5.75 Å². The number of nitrogens with zero attached hydrogens (tertiary/aromatic N) is 2. The normalized spacial score (nSPS) is 17.4. The van der Waals surface area contributed by atoms with Gasteiger partial charge in [-0.25, -0.2) is 4.98 Å². The van der Waals surface area contributed by atoms with Gasteiger partial charge in [-0.15, -0.1) is 0 Å². The first-order valence-electron chi connectivity index (χ1n) is 8.16. The molecule has 0 aliphatic carbocycles. The summed E-state index contributed by atoms with van der Waals surface area (Å²) < 4.78 is 5.23. The van der Waals surface area contributed by atoms with E-state index in [0.29, 0.717) is 11.3 Å². The highest BCUT2D eigenvalue weighted by molar-refractivity contribution is 5.95. The molecule has 1 amide bonds. The number of hydrogen-bond acceptors (Lipinski definition) is 3. The average Bonchev–Trinajstić information content (AvgIpc) is 3.27. The lowest BCUT2D eigenvalue weighted by Crippen LogP contribution is -2.31. The van der Waals surface area contributed by atoms with E-state index >= 15 is 0 Å². The van der Waals surface area contributed by atoms with Crippen molar-refractivity contribution < 1.29 is 9.53 Å². The predicted octanol–water partition coefficient (Wildman–Crippen LogP) is 3.55. The van der Waals surface area contributed by atoms with E-state index in [0.717, 1.165) is 36.2 Å². The summed E-state index contributed by atoms with van der Waals surface area (Å²) in [6.07, 6.45) is 1.91. The highest BCUT2D eigenvalue weighted by Gasteiger charge is 2.32. The molecule has 24 heavy (non-hydrogen) atoms. The first-order valence-corrected chi connectivity index (χ1v) is 8.16. The van der Waals surface area contributed by atoms with Gasteiger partial charge in [-0.3, -0.25) is 4.79 Å². The van der Waals surface area contributed by atoms with Gasteiger partial charge in [-0.05, 0) is 43.2 Å². The number of carbonyl (C=O) groups is 1. The van der Waals surface area contributed by atoms with Gasteiger partial charge in [0.15, 0.2) is 0 Å². The molecular weight excluding hydrogens is 302 g/mol. The van der Waals surface area contributed by atoms with Gasteiger partial charge < -0.3 is 14.6 Å².